The number of carbonyl (C=O) groups is 2. The lowest BCUT2D eigenvalue weighted by Gasteiger charge is -2.15. The lowest BCUT2D eigenvalue weighted by molar-refractivity contribution is -0.113. The maximum atomic E-state index is 12.5. The van der Waals surface area contributed by atoms with Gasteiger partial charge in [-0.1, -0.05) is 36.6 Å². The Balaban J connectivity index is 1.53. The molecule has 0 saturated heterocycles. The van der Waals surface area contributed by atoms with Gasteiger partial charge in [-0.3, -0.25) is 9.59 Å². The molecule has 26 heavy (non-hydrogen) atoms. The van der Waals surface area contributed by atoms with E-state index in [1.54, 1.807) is 12.1 Å². The Morgan fingerprint density at radius 2 is 1.92 bits per heavy atom. The number of halogens is 1. The third kappa shape index (κ3) is 5.50. The van der Waals surface area contributed by atoms with Crippen molar-refractivity contribution >= 4 is 52.2 Å². The Hall–Kier alpha value is -1.50. The van der Waals surface area contributed by atoms with Gasteiger partial charge in [-0.25, -0.2) is 0 Å². The van der Waals surface area contributed by atoms with Crippen LogP contribution in [0.4, 0.5) is 5.69 Å². The summed E-state index contributed by atoms with van der Waals surface area (Å²) in [5, 5.41) is 5.93. The van der Waals surface area contributed by atoms with Crippen molar-refractivity contribution in [1.82, 2.24) is 5.32 Å². The standard InChI is InChI=1S/C19H21ClN2O2S2/c20-17-10-9-14(26-17)11-25-12-18(23)22-16-8-4-3-7-15(16)19(24)21-13-5-1-2-6-13/h3-4,7-10,13H,1-2,5-6,11-12H2,(H,21,24)(H,22,23). The van der Waals surface area contributed by atoms with Gasteiger partial charge in [-0.15, -0.1) is 23.1 Å². The molecule has 1 aromatic carbocycles. The molecule has 7 heteroatoms. The molecule has 0 spiro atoms. The summed E-state index contributed by atoms with van der Waals surface area (Å²) in [6, 6.07) is 11.2. The van der Waals surface area contributed by atoms with Crippen LogP contribution in [0.25, 0.3) is 0 Å². The molecule has 2 N–H and O–H groups in total. The van der Waals surface area contributed by atoms with Crippen LogP contribution in [0.5, 0.6) is 0 Å². The minimum atomic E-state index is -0.117. The normalized spacial score (nSPS) is 14.3. The molecule has 1 heterocycles. The Morgan fingerprint density at radius 3 is 2.65 bits per heavy atom. The minimum Gasteiger partial charge on any atom is -0.349 e. The number of benzene rings is 1. The summed E-state index contributed by atoms with van der Waals surface area (Å²) in [5.74, 6) is 0.843. The van der Waals surface area contributed by atoms with E-state index in [4.69, 9.17) is 11.6 Å². The monoisotopic (exact) mass is 408 g/mol. The van der Waals surface area contributed by atoms with Gasteiger partial charge < -0.3 is 10.6 Å². The molecule has 0 aliphatic heterocycles. The molecule has 0 atom stereocenters. The first-order valence-corrected chi connectivity index (χ1v) is 11.0. The maximum Gasteiger partial charge on any atom is 0.253 e. The Kier molecular flexibility index (Phi) is 7.00. The van der Waals surface area contributed by atoms with Crippen molar-refractivity contribution in [3.05, 3.63) is 51.2 Å². The molecular weight excluding hydrogens is 388 g/mol. The quantitative estimate of drug-likeness (QED) is 0.681. The molecular formula is C19H21ClN2O2S2. The smallest absolute Gasteiger partial charge is 0.253 e. The zero-order chi connectivity index (χ0) is 18.4. The van der Waals surface area contributed by atoms with Crippen molar-refractivity contribution in [2.45, 2.75) is 37.5 Å². The molecule has 1 aliphatic rings. The molecule has 2 amide bonds. The summed E-state index contributed by atoms with van der Waals surface area (Å²) in [6.45, 7) is 0. The molecule has 0 unspecified atom stereocenters. The van der Waals surface area contributed by atoms with Crippen LogP contribution >= 0.6 is 34.7 Å². The van der Waals surface area contributed by atoms with Gasteiger partial charge in [0.1, 0.15) is 0 Å². The highest BCUT2D eigenvalue weighted by atomic mass is 35.5. The predicted octanol–water partition coefficient (Wildman–Crippen LogP) is 4.95. The van der Waals surface area contributed by atoms with E-state index in [0.29, 0.717) is 17.0 Å². The van der Waals surface area contributed by atoms with Crippen LogP contribution in [0, 0.1) is 0 Å². The highest BCUT2D eigenvalue weighted by Gasteiger charge is 2.20. The van der Waals surface area contributed by atoms with Gasteiger partial charge in [0.15, 0.2) is 0 Å². The summed E-state index contributed by atoms with van der Waals surface area (Å²) in [4.78, 5) is 25.9. The number of para-hydroxylation sites is 1. The molecule has 1 aliphatic carbocycles. The summed E-state index contributed by atoms with van der Waals surface area (Å²) >= 11 is 8.96. The fourth-order valence-electron chi connectivity index (χ4n) is 2.98. The third-order valence-corrected chi connectivity index (χ3v) is 6.64. The molecule has 1 aromatic heterocycles. The number of thiophene rings is 1. The summed E-state index contributed by atoms with van der Waals surface area (Å²) in [7, 11) is 0. The largest absolute Gasteiger partial charge is 0.349 e. The molecule has 1 fully saturated rings. The van der Waals surface area contributed by atoms with Crippen LogP contribution in [-0.4, -0.2) is 23.6 Å². The predicted molar refractivity (Wildman–Crippen MR) is 110 cm³/mol. The van der Waals surface area contributed by atoms with Gasteiger partial charge >= 0.3 is 0 Å². The van der Waals surface area contributed by atoms with Gasteiger partial charge in [0, 0.05) is 16.7 Å². The van der Waals surface area contributed by atoms with Crippen LogP contribution in [-0.2, 0) is 10.5 Å². The van der Waals surface area contributed by atoms with Gasteiger partial charge in [0.05, 0.1) is 21.3 Å². The van der Waals surface area contributed by atoms with Gasteiger partial charge in [-0.2, -0.15) is 0 Å². The fraction of sp³-hybridized carbons (Fsp3) is 0.368. The van der Waals surface area contributed by atoms with Crippen molar-refractivity contribution < 1.29 is 9.59 Å². The van der Waals surface area contributed by atoms with Crippen LogP contribution in [0.2, 0.25) is 4.34 Å². The topological polar surface area (TPSA) is 58.2 Å². The minimum absolute atomic E-state index is 0.112. The fourth-order valence-corrected chi connectivity index (χ4v) is 5.01. The number of rotatable bonds is 7. The Bertz CT molecular complexity index is 772. The molecule has 2 aromatic rings. The van der Waals surface area contributed by atoms with Crippen molar-refractivity contribution in [3.63, 3.8) is 0 Å². The lowest BCUT2D eigenvalue weighted by Crippen LogP contribution is -2.33. The van der Waals surface area contributed by atoms with Crippen molar-refractivity contribution in [1.29, 1.82) is 0 Å². The van der Waals surface area contributed by atoms with Crippen LogP contribution < -0.4 is 10.6 Å². The SMILES string of the molecule is O=C(CSCc1ccc(Cl)s1)Nc1ccccc1C(=O)NC1CCCC1. The van der Waals surface area contributed by atoms with Gasteiger partial charge in [0.2, 0.25) is 5.91 Å². The van der Waals surface area contributed by atoms with Crippen LogP contribution in [0.3, 0.4) is 0 Å². The summed E-state index contributed by atoms with van der Waals surface area (Å²) in [6.07, 6.45) is 4.39. The van der Waals surface area contributed by atoms with Gasteiger partial charge in [-0.05, 0) is 37.1 Å². The zero-order valence-electron chi connectivity index (χ0n) is 14.3. The first-order valence-electron chi connectivity index (χ1n) is 8.63. The highest BCUT2D eigenvalue weighted by molar-refractivity contribution is 7.99. The lowest BCUT2D eigenvalue weighted by atomic mass is 10.1. The van der Waals surface area contributed by atoms with E-state index >= 15 is 0 Å². The van der Waals surface area contributed by atoms with E-state index in [1.165, 1.54) is 23.1 Å². The van der Waals surface area contributed by atoms with Gasteiger partial charge in [0.25, 0.3) is 5.91 Å². The third-order valence-electron chi connectivity index (χ3n) is 4.24. The molecule has 3 rings (SSSR count). The molecule has 4 nitrogen and oxygen atoms in total. The van der Waals surface area contributed by atoms with Crippen molar-refractivity contribution in [2.24, 2.45) is 0 Å². The average molecular weight is 409 g/mol. The van der Waals surface area contributed by atoms with Crippen molar-refractivity contribution in [3.8, 4) is 0 Å². The number of hydrogen-bond donors (Lipinski definition) is 2. The maximum absolute atomic E-state index is 12.5. The van der Waals surface area contributed by atoms with E-state index in [2.05, 4.69) is 10.6 Å². The summed E-state index contributed by atoms with van der Waals surface area (Å²) < 4.78 is 0.757. The number of amides is 2. The number of hydrogen-bond acceptors (Lipinski definition) is 4. The first-order chi connectivity index (χ1) is 12.6. The van der Waals surface area contributed by atoms with Crippen molar-refractivity contribution in [2.75, 3.05) is 11.1 Å². The Labute approximate surface area is 166 Å². The summed E-state index contributed by atoms with van der Waals surface area (Å²) in [5.41, 5.74) is 1.08. The van der Waals surface area contributed by atoms with E-state index in [-0.39, 0.29) is 17.9 Å². The average Bonchev–Trinajstić information content (AvgIpc) is 3.27. The highest BCUT2D eigenvalue weighted by Crippen LogP contribution is 2.25. The number of thioether (sulfide) groups is 1. The molecule has 0 bridgehead atoms. The van der Waals surface area contributed by atoms with Crippen LogP contribution in [0.1, 0.15) is 40.9 Å². The molecule has 138 valence electrons. The van der Waals surface area contributed by atoms with Crippen LogP contribution in [0.15, 0.2) is 36.4 Å². The van der Waals surface area contributed by atoms with E-state index < -0.39 is 0 Å². The van der Waals surface area contributed by atoms with E-state index in [0.717, 1.165) is 40.6 Å². The molecule has 1 saturated carbocycles. The number of nitrogens with one attached hydrogen (secondary N) is 2. The zero-order valence-corrected chi connectivity index (χ0v) is 16.7. The second-order valence-electron chi connectivity index (χ2n) is 6.25. The first kappa shape index (κ1) is 19.3. The number of anilines is 1. The number of carbonyl (C=O) groups excluding carboxylic acids is 2. The molecule has 0 radical (unpaired) electrons. The second-order valence-corrected chi connectivity index (χ2v) is 9.03. The Morgan fingerprint density at radius 1 is 1.15 bits per heavy atom. The van der Waals surface area contributed by atoms with E-state index in [1.807, 2.05) is 24.3 Å². The van der Waals surface area contributed by atoms with E-state index in [9.17, 15) is 9.59 Å². The second kappa shape index (κ2) is 9.44.